The van der Waals surface area contributed by atoms with Crippen LogP contribution in [0.1, 0.15) is 32.6 Å². The number of aryl methyl sites for hydroxylation is 2. The van der Waals surface area contributed by atoms with Crippen LogP contribution < -0.4 is 0 Å². The molecule has 0 aliphatic rings. The Labute approximate surface area is 136 Å². The van der Waals surface area contributed by atoms with Crippen LogP contribution in [0.3, 0.4) is 0 Å². The number of hydrogen-bond acceptors (Lipinski definition) is 4. The smallest absolute Gasteiger partial charge is 0.344 e. The van der Waals surface area contributed by atoms with Crippen LogP contribution in [0.2, 0.25) is 0 Å². The zero-order chi connectivity index (χ0) is 16.8. The minimum absolute atomic E-state index is 0.167. The summed E-state index contributed by atoms with van der Waals surface area (Å²) in [5.74, 6) is -1.09. The maximum Gasteiger partial charge on any atom is 0.344 e. The average Bonchev–Trinajstić information content (AvgIpc) is 2.56. The molecule has 0 bridgehead atoms. The van der Waals surface area contributed by atoms with Crippen molar-refractivity contribution in [2.45, 2.75) is 27.4 Å². The van der Waals surface area contributed by atoms with Crippen LogP contribution in [0.25, 0.3) is 0 Å². The van der Waals surface area contributed by atoms with Gasteiger partial charge in [0.05, 0.1) is 5.56 Å². The summed E-state index contributed by atoms with van der Waals surface area (Å²) in [7, 11) is 0. The van der Waals surface area contributed by atoms with Crippen molar-refractivity contribution in [2.75, 3.05) is 6.61 Å². The Bertz CT molecular complexity index is 682. The molecule has 2 aromatic carbocycles. The maximum absolute atomic E-state index is 12.0. The highest BCUT2D eigenvalue weighted by atomic mass is 16.6. The molecular formula is C19H20O4. The Morgan fingerprint density at radius 1 is 0.913 bits per heavy atom. The Morgan fingerprint density at radius 3 is 2.13 bits per heavy atom. The highest BCUT2D eigenvalue weighted by Gasteiger charge is 2.13. The molecule has 0 aromatic heterocycles. The molecule has 23 heavy (non-hydrogen) atoms. The van der Waals surface area contributed by atoms with E-state index in [1.54, 1.807) is 12.1 Å². The van der Waals surface area contributed by atoms with E-state index in [9.17, 15) is 9.59 Å². The Balaban J connectivity index is 1.85. The highest BCUT2D eigenvalue weighted by molar-refractivity contribution is 5.91. The lowest BCUT2D eigenvalue weighted by Gasteiger charge is -2.09. The minimum atomic E-state index is -0.567. The summed E-state index contributed by atoms with van der Waals surface area (Å²) >= 11 is 0. The summed E-state index contributed by atoms with van der Waals surface area (Å²) in [5.41, 5.74) is 4.51. The van der Waals surface area contributed by atoms with E-state index in [1.807, 2.05) is 51.1 Å². The average molecular weight is 312 g/mol. The zero-order valence-corrected chi connectivity index (χ0v) is 13.6. The van der Waals surface area contributed by atoms with E-state index in [0.717, 1.165) is 22.3 Å². The van der Waals surface area contributed by atoms with Crippen molar-refractivity contribution >= 4 is 11.9 Å². The van der Waals surface area contributed by atoms with Gasteiger partial charge in [-0.2, -0.15) is 0 Å². The van der Waals surface area contributed by atoms with Gasteiger partial charge in [-0.25, -0.2) is 9.59 Å². The van der Waals surface area contributed by atoms with Crippen LogP contribution in [0, 0.1) is 20.8 Å². The quantitative estimate of drug-likeness (QED) is 0.793. The molecule has 0 unspecified atom stereocenters. The summed E-state index contributed by atoms with van der Waals surface area (Å²) in [6, 6.07) is 12.9. The summed E-state index contributed by atoms with van der Waals surface area (Å²) in [5, 5.41) is 0. The lowest BCUT2D eigenvalue weighted by atomic mass is 10.0. The van der Waals surface area contributed by atoms with E-state index in [0.29, 0.717) is 5.56 Å². The van der Waals surface area contributed by atoms with Crippen molar-refractivity contribution in [3.05, 3.63) is 70.3 Å². The summed E-state index contributed by atoms with van der Waals surface area (Å²) in [6.45, 7) is 5.65. The molecule has 0 heterocycles. The van der Waals surface area contributed by atoms with E-state index < -0.39 is 18.5 Å². The number of rotatable bonds is 5. The second-order valence-electron chi connectivity index (χ2n) is 5.46. The number of benzene rings is 2. The molecule has 0 amide bonds. The molecule has 0 spiro atoms. The van der Waals surface area contributed by atoms with Crippen LogP contribution in [0.15, 0.2) is 42.5 Å². The van der Waals surface area contributed by atoms with Crippen molar-refractivity contribution < 1.29 is 19.1 Å². The van der Waals surface area contributed by atoms with Crippen molar-refractivity contribution in [1.82, 2.24) is 0 Å². The third-order valence-corrected chi connectivity index (χ3v) is 3.73. The first-order chi connectivity index (χ1) is 11.0. The first-order valence-electron chi connectivity index (χ1n) is 7.42. The normalized spacial score (nSPS) is 10.2. The Kier molecular flexibility index (Phi) is 5.52. The van der Waals surface area contributed by atoms with Crippen molar-refractivity contribution in [3.8, 4) is 0 Å². The van der Waals surface area contributed by atoms with E-state index in [-0.39, 0.29) is 6.61 Å². The van der Waals surface area contributed by atoms with E-state index in [1.165, 1.54) is 0 Å². The number of carbonyl (C=O) groups excluding carboxylic acids is 2. The van der Waals surface area contributed by atoms with Gasteiger partial charge < -0.3 is 9.47 Å². The summed E-state index contributed by atoms with van der Waals surface area (Å²) in [6.07, 6.45) is 0. The molecule has 0 saturated carbocycles. The second kappa shape index (κ2) is 7.58. The minimum Gasteiger partial charge on any atom is -0.458 e. The van der Waals surface area contributed by atoms with Gasteiger partial charge >= 0.3 is 11.9 Å². The monoisotopic (exact) mass is 312 g/mol. The third kappa shape index (κ3) is 4.68. The van der Waals surface area contributed by atoms with Crippen molar-refractivity contribution in [2.24, 2.45) is 0 Å². The summed E-state index contributed by atoms with van der Waals surface area (Å²) in [4.78, 5) is 23.6. The van der Waals surface area contributed by atoms with Gasteiger partial charge in [-0.15, -0.1) is 0 Å². The van der Waals surface area contributed by atoms with Crippen molar-refractivity contribution in [3.63, 3.8) is 0 Å². The van der Waals surface area contributed by atoms with Crippen LogP contribution in [0.4, 0.5) is 0 Å². The molecule has 120 valence electrons. The van der Waals surface area contributed by atoms with E-state index in [4.69, 9.17) is 9.47 Å². The topological polar surface area (TPSA) is 52.6 Å². The first kappa shape index (κ1) is 16.7. The molecule has 2 aromatic rings. The van der Waals surface area contributed by atoms with Crippen LogP contribution in [-0.2, 0) is 20.9 Å². The largest absolute Gasteiger partial charge is 0.458 e. The predicted octanol–water partition coefficient (Wildman–Crippen LogP) is 3.51. The zero-order valence-electron chi connectivity index (χ0n) is 13.6. The predicted molar refractivity (Wildman–Crippen MR) is 87.2 cm³/mol. The standard InChI is InChI=1S/C19H20O4/c1-13-9-17(10-14(2)15(13)3)19(21)23-12-18(20)22-11-16-7-5-4-6-8-16/h4-10H,11-12H2,1-3H3. The molecular weight excluding hydrogens is 292 g/mol. The van der Waals surface area contributed by atoms with E-state index in [2.05, 4.69) is 0 Å². The van der Waals surface area contributed by atoms with Crippen LogP contribution >= 0.6 is 0 Å². The molecule has 0 aliphatic carbocycles. The number of carbonyl (C=O) groups is 2. The number of esters is 2. The van der Waals surface area contributed by atoms with Gasteiger partial charge in [-0.05, 0) is 55.2 Å². The fraction of sp³-hybridized carbons (Fsp3) is 0.263. The highest BCUT2D eigenvalue weighted by Crippen LogP contribution is 2.16. The molecule has 4 nitrogen and oxygen atoms in total. The maximum atomic E-state index is 12.0. The second-order valence-corrected chi connectivity index (χ2v) is 5.46. The third-order valence-electron chi connectivity index (χ3n) is 3.73. The fourth-order valence-electron chi connectivity index (χ4n) is 2.14. The SMILES string of the molecule is Cc1cc(C(=O)OCC(=O)OCc2ccccc2)cc(C)c1C. The molecule has 4 heteroatoms. The Morgan fingerprint density at radius 2 is 1.52 bits per heavy atom. The lowest BCUT2D eigenvalue weighted by Crippen LogP contribution is -2.16. The molecule has 0 saturated heterocycles. The molecule has 0 aliphatic heterocycles. The summed E-state index contributed by atoms with van der Waals surface area (Å²) < 4.78 is 10.1. The van der Waals surface area contributed by atoms with Crippen LogP contribution in [-0.4, -0.2) is 18.5 Å². The van der Waals surface area contributed by atoms with Gasteiger partial charge in [0.25, 0.3) is 0 Å². The van der Waals surface area contributed by atoms with Gasteiger partial charge in [-0.3, -0.25) is 0 Å². The van der Waals surface area contributed by atoms with Gasteiger partial charge in [0.15, 0.2) is 6.61 Å². The Hall–Kier alpha value is -2.62. The fourth-order valence-corrected chi connectivity index (χ4v) is 2.14. The molecule has 0 fully saturated rings. The molecule has 0 atom stereocenters. The number of hydrogen-bond donors (Lipinski definition) is 0. The van der Waals surface area contributed by atoms with Crippen LogP contribution in [0.5, 0.6) is 0 Å². The first-order valence-corrected chi connectivity index (χ1v) is 7.42. The molecule has 2 rings (SSSR count). The number of ether oxygens (including phenoxy) is 2. The molecule has 0 radical (unpaired) electrons. The van der Waals surface area contributed by atoms with Gasteiger partial charge in [0.1, 0.15) is 6.61 Å². The van der Waals surface area contributed by atoms with Gasteiger partial charge in [0.2, 0.25) is 0 Å². The molecule has 0 N–H and O–H groups in total. The van der Waals surface area contributed by atoms with E-state index >= 15 is 0 Å². The van der Waals surface area contributed by atoms with Crippen molar-refractivity contribution in [1.29, 1.82) is 0 Å². The van der Waals surface area contributed by atoms with Gasteiger partial charge in [0, 0.05) is 0 Å². The van der Waals surface area contributed by atoms with Gasteiger partial charge in [-0.1, -0.05) is 30.3 Å². The lowest BCUT2D eigenvalue weighted by molar-refractivity contribution is -0.148.